The summed E-state index contributed by atoms with van der Waals surface area (Å²) >= 11 is 0. The molecule has 1 saturated heterocycles. The van der Waals surface area contributed by atoms with Crippen molar-refractivity contribution in [3.63, 3.8) is 0 Å². The molecule has 0 aromatic carbocycles. The van der Waals surface area contributed by atoms with Crippen molar-refractivity contribution in [2.45, 2.75) is 68.9 Å². The van der Waals surface area contributed by atoms with Gasteiger partial charge in [0, 0.05) is 11.8 Å². The Balaban J connectivity index is 1.25. The van der Waals surface area contributed by atoms with Gasteiger partial charge >= 0.3 is 24.0 Å². The first-order valence-corrected chi connectivity index (χ1v) is 10.9. The molecule has 6 atom stereocenters. The number of fused-ring (bicyclic) bond motifs is 1. The number of carbonyl (C=O) groups excluding carboxylic acids is 2. The molecule has 1 heterocycles. The number of hydrogen-bond acceptors (Lipinski definition) is 6. The number of esters is 2. The van der Waals surface area contributed by atoms with E-state index in [1.807, 2.05) is 0 Å². The second-order valence-corrected chi connectivity index (χ2v) is 10.4. The molecule has 30 heavy (non-hydrogen) atoms. The van der Waals surface area contributed by atoms with Crippen LogP contribution in [0.4, 0.5) is 8.78 Å². The molecule has 7 rings (SSSR count). The van der Waals surface area contributed by atoms with Gasteiger partial charge in [-0.15, -0.1) is 0 Å². The van der Waals surface area contributed by atoms with Crippen molar-refractivity contribution in [3.8, 4) is 0 Å². The van der Waals surface area contributed by atoms with Crippen molar-refractivity contribution in [2.75, 3.05) is 0 Å². The fourth-order valence-corrected chi connectivity index (χ4v) is 8.13. The summed E-state index contributed by atoms with van der Waals surface area (Å²) in [6.07, 6.45) is -0.290. The highest BCUT2D eigenvalue weighted by Gasteiger charge is 2.71. The van der Waals surface area contributed by atoms with Crippen LogP contribution in [0.3, 0.4) is 0 Å². The minimum absolute atomic E-state index is 0.322. The Kier molecular flexibility index (Phi) is 3.74. The van der Waals surface area contributed by atoms with E-state index in [9.17, 15) is 23.2 Å². The van der Waals surface area contributed by atoms with Gasteiger partial charge in [0.15, 0.2) is 0 Å². The molecular weight excluding hydrogens is 402 g/mol. The maximum Gasteiger partial charge on any atom is 0.456 e. The molecule has 0 amide bonds. The smallest absolute Gasteiger partial charge is 0.456 e. The zero-order valence-electron chi connectivity index (χ0n) is 16.3. The number of ether oxygens (including phenoxy) is 3. The van der Waals surface area contributed by atoms with E-state index in [4.69, 9.17) is 14.6 Å². The number of rotatable bonds is 5. The monoisotopic (exact) mass is 426 g/mol. The van der Waals surface area contributed by atoms with Gasteiger partial charge in [0.05, 0.1) is 11.8 Å². The van der Waals surface area contributed by atoms with Crippen LogP contribution in [0.15, 0.2) is 0 Å². The van der Waals surface area contributed by atoms with Crippen molar-refractivity contribution in [2.24, 2.45) is 41.4 Å². The predicted molar refractivity (Wildman–Crippen MR) is 92.9 cm³/mol. The first kappa shape index (κ1) is 19.0. The number of aliphatic carboxylic acids is 1. The van der Waals surface area contributed by atoms with Gasteiger partial charge in [-0.25, -0.2) is 4.79 Å². The first-order chi connectivity index (χ1) is 14.2. The van der Waals surface area contributed by atoms with Gasteiger partial charge in [0.25, 0.3) is 0 Å². The van der Waals surface area contributed by atoms with Gasteiger partial charge in [0.1, 0.15) is 17.8 Å². The third-order valence-electron chi connectivity index (χ3n) is 8.65. The van der Waals surface area contributed by atoms with Crippen molar-refractivity contribution in [1.29, 1.82) is 0 Å². The van der Waals surface area contributed by atoms with Crippen LogP contribution in [-0.4, -0.2) is 46.9 Å². The van der Waals surface area contributed by atoms with Gasteiger partial charge in [-0.2, -0.15) is 8.78 Å². The van der Waals surface area contributed by atoms with Gasteiger partial charge < -0.3 is 19.3 Å². The van der Waals surface area contributed by atoms with E-state index in [0.29, 0.717) is 24.2 Å². The maximum atomic E-state index is 13.8. The third-order valence-corrected chi connectivity index (χ3v) is 8.65. The van der Waals surface area contributed by atoms with Crippen LogP contribution in [0.25, 0.3) is 0 Å². The largest absolute Gasteiger partial charge is 0.475 e. The van der Waals surface area contributed by atoms with Crippen LogP contribution in [-0.2, 0) is 28.6 Å². The molecule has 164 valence electrons. The van der Waals surface area contributed by atoms with Crippen molar-refractivity contribution in [3.05, 3.63) is 0 Å². The molecule has 6 saturated carbocycles. The zero-order chi connectivity index (χ0) is 21.0. The number of halogens is 2. The molecule has 1 N–H and O–H groups in total. The summed E-state index contributed by atoms with van der Waals surface area (Å²) in [5.41, 5.74) is -0.503. The second kappa shape index (κ2) is 5.93. The quantitative estimate of drug-likeness (QED) is 0.674. The van der Waals surface area contributed by atoms with Gasteiger partial charge in [-0.05, 0) is 62.7 Å². The van der Waals surface area contributed by atoms with Gasteiger partial charge in [0.2, 0.25) is 0 Å². The van der Waals surface area contributed by atoms with E-state index < -0.39 is 65.5 Å². The Morgan fingerprint density at radius 3 is 2.20 bits per heavy atom. The summed E-state index contributed by atoms with van der Waals surface area (Å²) in [6, 6.07) is 0. The molecule has 7 aliphatic rings. The zero-order valence-corrected chi connectivity index (χ0v) is 16.3. The van der Waals surface area contributed by atoms with E-state index >= 15 is 0 Å². The minimum Gasteiger partial charge on any atom is -0.475 e. The third kappa shape index (κ3) is 2.53. The minimum atomic E-state index is -4.41. The highest BCUT2D eigenvalue weighted by atomic mass is 19.3. The molecule has 0 aromatic heterocycles. The van der Waals surface area contributed by atoms with E-state index in [-0.39, 0.29) is 0 Å². The van der Waals surface area contributed by atoms with Crippen molar-refractivity contribution >= 4 is 17.9 Å². The molecule has 0 spiro atoms. The van der Waals surface area contributed by atoms with Crippen molar-refractivity contribution < 1.29 is 42.5 Å². The number of carboxylic acid groups (broad SMARTS) is 1. The van der Waals surface area contributed by atoms with Crippen LogP contribution in [0.1, 0.15) is 44.9 Å². The summed E-state index contributed by atoms with van der Waals surface area (Å²) in [5.74, 6) is -4.57. The summed E-state index contributed by atoms with van der Waals surface area (Å²) in [7, 11) is 0. The van der Waals surface area contributed by atoms with Crippen LogP contribution >= 0.6 is 0 Å². The Hall–Kier alpha value is -1.77. The fourth-order valence-electron chi connectivity index (χ4n) is 8.13. The maximum absolute atomic E-state index is 13.8. The summed E-state index contributed by atoms with van der Waals surface area (Å²) in [4.78, 5) is 36.6. The lowest BCUT2D eigenvalue weighted by molar-refractivity contribution is -0.279. The Morgan fingerprint density at radius 1 is 1.03 bits per heavy atom. The van der Waals surface area contributed by atoms with E-state index in [0.717, 1.165) is 19.3 Å². The lowest BCUT2D eigenvalue weighted by Gasteiger charge is -2.56. The number of alkyl halides is 2. The van der Waals surface area contributed by atoms with Gasteiger partial charge in [-0.1, -0.05) is 0 Å². The molecule has 6 aliphatic carbocycles. The highest BCUT2D eigenvalue weighted by Crippen LogP contribution is 2.61. The Morgan fingerprint density at radius 2 is 1.63 bits per heavy atom. The summed E-state index contributed by atoms with van der Waals surface area (Å²) in [6.45, 7) is 0. The summed E-state index contributed by atoms with van der Waals surface area (Å²) in [5, 5.41) is 8.74. The number of carboxylic acids is 1. The molecular formula is C21H24F2O7. The second-order valence-electron chi connectivity index (χ2n) is 10.4. The van der Waals surface area contributed by atoms with Crippen LogP contribution in [0.2, 0.25) is 0 Å². The van der Waals surface area contributed by atoms with Gasteiger partial charge in [-0.3, -0.25) is 9.59 Å². The molecule has 0 aromatic rings. The predicted octanol–water partition coefficient (Wildman–Crippen LogP) is 2.37. The SMILES string of the molecule is O=C1OC2C3CC(C2OC(F)(F)C(=O)O)C(C(=O)OC24CC5CC(CC(C5)C2)C4)C13. The van der Waals surface area contributed by atoms with Crippen LogP contribution in [0, 0.1) is 41.4 Å². The lowest BCUT2D eigenvalue weighted by atomic mass is 9.54. The molecule has 6 bridgehead atoms. The van der Waals surface area contributed by atoms with Crippen LogP contribution < -0.4 is 0 Å². The normalized spacial score (nSPS) is 50.1. The summed E-state index contributed by atoms with van der Waals surface area (Å²) < 4.78 is 43.5. The first-order valence-electron chi connectivity index (χ1n) is 10.9. The highest BCUT2D eigenvalue weighted by molar-refractivity contribution is 5.86. The Labute approximate surface area is 171 Å². The van der Waals surface area contributed by atoms with Crippen molar-refractivity contribution in [1.82, 2.24) is 0 Å². The molecule has 6 unspecified atom stereocenters. The molecule has 7 nitrogen and oxygen atoms in total. The molecule has 1 aliphatic heterocycles. The topological polar surface area (TPSA) is 99.1 Å². The molecule has 9 heteroatoms. The van der Waals surface area contributed by atoms with Crippen LogP contribution in [0.5, 0.6) is 0 Å². The fraction of sp³-hybridized carbons (Fsp3) is 0.857. The van der Waals surface area contributed by atoms with E-state index in [2.05, 4.69) is 4.74 Å². The molecule has 0 radical (unpaired) electrons. The number of hydrogen-bond donors (Lipinski definition) is 1. The molecule has 7 fully saturated rings. The van der Waals surface area contributed by atoms with E-state index in [1.54, 1.807) is 0 Å². The Bertz CT molecular complexity index is 791. The average Bonchev–Trinajstić information content (AvgIpc) is 3.23. The van der Waals surface area contributed by atoms with E-state index in [1.165, 1.54) is 19.3 Å². The lowest BCUT2D eigenvalue weighted by Crippen LogP contribution is -2.54. The number of carbonyl (C=O) groups is 3. The average molecular weight is 426 g/mol. The standard InChI is InChI=1S/C21H24F2O7/c22-21(23,19(26)27)29-16-12-4-11-13(17(24)28-15(11)16)14(12)18(25)30-20-5-8-1-9(6-20)3-10(2-8)7-20/h8-16H,1-7H2,(H,26,27).